The lowest BCUT2D eigenvalue weighted by Crippen LogP contribution is -2.02. The Bertz CT molecular complexity index is 416. The zero-order chi connectivity index (χ0) is 13.5. The summed E-state index contributed by atoms with van der Waals surface area (Å²) in [4.78, 5) is 11.1. The van der Waals surface area contributed by atoms with Gasteiger partial charge in [-0.05, 0) is 42.5 Å². The SMILES string of the molecule is COc1ccc(C=C(CCC(C)C)C(=O)O)cc1. The van der Waals surface area contributed by atoms with Gasteiger partial charge in [-0.25, -0.2) is 4.79 Å². The number of ether oxygens (including phenoxy) is 1. The summed E-state index contributed by atoms with van der Waals surface area (Å²) in [5, 5.41) is 9.16. The van der Waals surface area contributed by atoms with Crippen LogP contribution in [0.25, 0.3) is 6.08 Å². The van der Waals surface area contributed by atoms with Crippen molar-refractivity contribution in [2.24, 2.45) is 5.92 Å². The second-order valence-electron chi connectivity index (χ2n) is 4.68. The third kappa shape index (κ3) is 4.62. The Morgan fingerprint density at radius 3 is 2.39 bits per heavy atom. The molecule has 18 heavy (non-hydrogen) atoms. The van der Waals surface area contributed by atoms with Crippen molar-refractivity contribution >= 4 is 12.0 Å². The minimum absolute atomic E-state index is 0.453. The second-order valence-corrected chi connectivity index (χ2v) is 4.68. The van der Waals surface area contributed by atoms with Crippen LogP contribution in [0.4, 0.5) is 0 Å². The first-order valence-electron chi connectivity index (χ1n) is 6.11. The number of rotatable bonds is 6. The fourth-order valence-electron chi connectivity index (χ4n) is 1.59. The smallest absolute Gasteiger partial charge is 0.331 e. The molecular formula is C15H20O3. The van der Waals surface area contributed by atoms with E-state index in [4.69, 9.17) is 9.84 Å². The molecule has 0 unspecified atom stereocenters. The summed E-state index contributed by atoms with van der Waals surface area (Å²) in [5.41, 5.74) is 1.34. The normalized spacial score (nSPS) is 11.7. The van der Waals surface area contributed by atoms with Crippen LogP contribution in [0.1, 0.15) is 32.3 Å². The number of aliphatic carboxylic acids is 1. The van der Waals surface area contributed by atoms with Gasteiger partial charge in [0.2, 0.25) is 0 Å². The first-order chi connectivity index (χ1) is 8.52. The third-order valence-corrected chi connectivity index (χ3v) is 2.72. The number of carboxylic acid groups (broad SMARTS) is 1. The van der Waals surface area contributed by atoms with Crippen molar-refractivity contribution in [3.63, 3.8) is 0 Å². The Labute approximate surface area is 108 Å². The topological polar surface area (TPSA) is 46.5 Å². The Balaban J connectivity index is 2.82. The van der Waals surface area contributed by atoms with Gasteiger partial charge < -0.3 is 9.84 Å². The molecule has 0 radical (unpaired) electrons. The number of hydrogen-bond donors (Lipinski definition) is 1. The van der Waals surface area contributed by atoms with Crippen LogP contribution >= 0.6 is 0 Å². The summed E-state index contributed by atoms with van der Waals surface area (Å²) >= 11 is 0. The van der Waals surface area contributed by atoms with E-state index in [-0.39, 0.29) is 0 Å². The molecule has 1 aromatic rings. The summed E-state index contributed by atoms with van der Waals surface area (Å²) in [7, 11) is 1.61. The lowest BCUT2D eigenvalue weighted by atomic mass is 10.0. The van der Waals surface area contributed by atoms with Gasteiger partial charge in [-0.3, -0.25) is 0 Å². The molecule has 0 aliphatic rings. The molecule has 0 atom stereocenters. The van der Waals surface area contributed by atoms with Gasteiger partial charge in [-0.1, -0.05) is 26.0 Å². The van der Waals surface area contributed by atoms with E-state index < -0.39 is 5.97 Å². The fraction of sp³-hybridized carbons (Fsp3) is 0.400. The molecule has 0 amide bonds. The lowest BCUT2D eigenvalue weighted by molar-refractivity contribution is -0.132. The van der Waals surface area contributed by atoms with Crippen molar-refractivity contribution in [1.29, 1.82) is 0 Å². The molecule has 0 bridgehead atoms. The summed E-state index contributed by atoms with van der Waals surface area (Å²) in [6.45, 7) is 4.18. The first-order valence-corrected chi connectivity index (χ1v) is 6.11. The summed E-state index contributed by atoms with van der Waals surface area (Å²) in [6, 6.07) is 7.37. The second kappa shape index (κ2) is 6.84. The van der Waals surface area contributed by atoms with Gasteiger partial charge >= 0.3 is 5.97 Å². The number of benzene rings is 1. The van der Waals surface area contributed by atoms with Crippen LogP contribution < -0.4 is 4.74 Å². The number of carbonyl (C=O) groups is 1. The van der Waals surface area contributed by atoms with E-state index in [1.165, 1.54) is 0 Å². The predicted molar refractivity (Wildman–Crippen MR) is 72.7 cm³/mol. The minimum atomic E-state index is -0.841. The maximum Gasteiger partial charge on any atom is 0.331 e. The molecule has 1 N–H and O–H groups in total. The highest BCUT2D eigenvalue weighted by Gasteiger charge is 2.08. The van der Waals surface area contributed by atoms with Crippen molar-refractivity contribution in [2.75, 3.05) is 7.11 Å². The number of methoxy groups -OCH3 is 1. The average molecular weight is 248 g/mol. The Kier molecular flexibility index (Phi) is 5.43. The highest BCUT2D eigenvalue weighted by molar-refractivity contribution is 5.92. The van der Waals surface area contributed by atoms with Gasteiger partial charge in [0, 0.05) is 5.57 Å². The quantitative estimate of drug-likeness (QED) is 0.782. The van der Waals surface area contributed by atoms with Crippen molar-refractivity contribution in [3.05, 3.63) is 35.4 Å². The largest absolute Gasteiger partial charge is 0.497 e. The highest BCUT2D eigenvalue weighted by Crippen LogP contribution is 2.18. The van der Waals surface area contributed by atoms with E-state index in [9.17, 15) is 4.79 Å². The molecule has 0 heterocycles. The van der Waals surface area contributed by atoms with Crippen LogP contribution in [-0.2, 0) is 4.79 Å². The molecule has 98 valence electrons. The fourth-order valence-corrected chi connectivity index (χ4v) is 1.59. The molecule has 0 aliphatic heterocycles. The predicted octanol–water partition coefficient (Wildman–Crippen LogP) is 3.60. The van der Waals surface area contributed by atoms with E-state index in [0.29, 0.717) is 17.9 Å². The van der Waals surface area contributed by atoms with Gasteiger partial charge in [0.25, 0.3) is 0 Å². The standard InChI is InChI=1S/C15H20O3/c1-11(2)4-7-13(15(16)17)10-12-5-8-14(18-3)9-6-12/h5-6,8-11H,4,7H2,1-3H3,(H,16,17). The lowest BCUT2D eigenvalue weighted by Gasteiger charge is -2.06. The van der Waals surface area contributed by atoms with Crippen LogP contribution in [0.2, 0.25) is 0 Å². The van der Waals surface area contributed by atoms with Gasteiger partial charge in [0.1, 0.15) is 5.75 Å². The Morgan fingerprint density at radius 1 is 1.33 bits per heavy atom. The summed E-state index contributed by atoms with van der Waals surface area (Å²) < 4.78 is 5.06. The first kappa shape index (κ1) is 14.3. The molecule has 0 spiro atoms. The molecule has 0 fully saturated rings. The van der Waals surface area contributed by atoms with Gasteiger partial charge in [-0.2, -0.15) is 0 Å². The van der Waals surface area contributed by atoms with Gasteiger partial charge in [0.05, 0.1) is 7.11 Å². The van der Waals surface area contributed by atoms with Crippen molar-refractivity contribution < 1.29 is 14.6 Å². The molecule has 0 aromatic heterocycles. The van der Waals surface area contributed by atoms with Crippen LogP contribution in [0, 0.1) is 5.92 Å². The van der Waals surface area contributed by atoms with Crippen LogP contribution in [0.15, 0.2) is 29.8 Å². The Hall–Kier alpha value is -1.77. The molecule has 3 heteroatoms. The molecule has 0 saturated heterocycles. The zero-order valence-electron chi connectivity index (χ0n) is 11.1. The van der Waals surface area contributed by atoms with Crippen LogP contribution in [0.5, 0.6) is 5.75 Å². The highest BCUT2D eigenvalue weighted by atomic mass is 16.5. The average Bonchev–Trinajstić information content (AvgIpc) is 2.34. The van der Waals surface area contributed by atoms with Gasteiger partial charge in [-0.15, -0.1) is 0 Å². The molecule has 1 rings (SSSR count). The number of carboxylic acids is 1. The summed E-state index contributed by atoms with van der Waals surface area (Å²) in [6.07, 6.45) is 3.21. The van der Waals surface area contributed by atoms with E-state index in [1.807, 2.05) is 24.3 Å². The van der Waals surface area contributed by atoms with Crippen LogP contribution in [-0.4, -0.2) is 18.2 Å². The van der Waals surface area contributed by atoms with E-state index in [0.717, 1.165) is 17.7 Å². The van der Waals surface area contributed by atoms with Crippen molar-refractivity contribution in [3.8, 4) is 5.75 Å². The van der Waals surface area contributed by atoms with Gasteiger partial charge in [0.15, 0.2) is 0 Å². The van der Waals surface area contributed by atoms with Crippen molar-refractivity contribution in [2.45, 2.75) is 26.7 Å². The number of hydrogen-bond acceptors (Lipinski definition) is 2. The summed E-state index contributed by atoms with van der Waals surface area (Å²) in [5.74, 6) is 0.432. The molecule has 3 nitrogen and oxygen atoms in total. The molecule has 0 saturated carbocycles. The molecule has 1 aromatic carbocycles. The van der Waals surface area contributed by atoms with E-state index in [2.05, 4.69) is 13.8 Å². The molecule has 0 aliphatic carbocycles. The zero-order valence-corrected chi connectivity index (χ0v) is 11.1. The van der Waals surface area contributed by atoms with Crippen molar-refractivity contribution in [1.82, 2.24) is 0 Å². The van der Waals surface area contributed by atoms with E-state index in [1.54, 1.807) is 13.2 Å². The maximum absolute atomic E-state index is 11.1. The maximum atomic E-state index is 11.1. The monoisotopic (exact) mass is 248 g/mol. The minimum Gasteiger partial charge on any atom is -0.497 e. The third-order valence-electron chi connectivity index (χ3n) is 2.72. The van der Waals surface area contributed by atoms with Crippen LogP contribution in [0.3, 0.4) is 0 Å². The molecular weight excluding hydrogens is 228 g/mol. The Morgan fingerprint density at radius 2 is 1.94 bits per heavy atom. The van der Waals surface area contributed by atoms with E-state index >= 15 is 0 Å².